The molecule has 0 bridgehead atoms. The molecule has 1 aliphatic carbocycles. The normalized spacial score (nSPS) is 15.3. The summed E-state index contributed by atoms with van der Waals surface area (Å²) >= 11 is 6.41. The van der Waals surface area contributed by atoms with E-state index < -0.39 is 11.4 Å². The third-order valence-electron chi connectivity index (χ3n) is 5.98. The van der Waals surface area contributed by atoms with E-state index >= 15 is 0 Å². The van der Waals surface area contributed by atoms with E-state index in [2.05, 4.69) is 20.3 Å². The van der Waals surface area contributed by atoms with E-state index in [-0.39, 0.29) is 24.9 Å². The highest BCUT2D eigenvalue weighted by atomic mass is 35.5. The van der Waals surface area contributed by atoms with E-state index in [0.717, 1.165) is 30.4 Å². The summed E-state index contributed by atoms with van der Waals surface area (Å²) in [5.41, 5.74) is 1.39. The Balaban J connectivity index is 1.57. The second kappa shape index (κ2) is 9.63. The number of nitrogens with one attached hydrogen (secondary N) is 1. The van der Waals surface area contributed by atoms with Crippen LogP contribution < -0.4 is 5.32 Å². The summed E-state index contributed by atoms with van der Waals surface area (Å²) in [6, 6.07) is 14.2. The summed E-state index contributed by atoms with van der Waals surface area (Å²) in [6.45, 7) is 0.143. The highest BCUT2D eigenvalue weighted by Gasteiger charge is 2.38. The molecule has 0 atom stereocenters. The average molecular weight is 453 g/mol. The molecule has 8 heteroatoms. The minimum absolute atomic E-state index is 0.125. The molecule has 1 fully saturated rings. The zero-order chi connectivity index (χ0) is 22.6. The first-order valence-electron chi connectivity index (χ1n) is 10.7. The lowest BCUT2D eigenvalue weighted by Gasteiger charge is -2.34. The monoisotopic (exact) mass is 452 g/mol. The first kappa shape index (κ1) is 22.2. The number of aromatic nitrogens is 3. The van der Waals surface area contributed by atoms with Gasteiger partial charge in [0.1, 0.15) is 0 Å². The molecule has 1 aromatic heterocycles. The average Bonchev–Trinajstić information content (AvgIpc) is 2.84. The van der Waals surface area contributed by atoms with Crippen LogP contribution in [0.3, 0.4) is 0 Å². The maximum atomic E-state index is 12.8. The fourth-order valence-corrected chi connectivity index (χ4v) is 4.31. The number of rotatable bonds is 6. The Morgan fingerprint density at radius 3 is 2.44 bits per heavy atom. The van der Waals surface area contributed by atoms with Crippen LogP contribution in [0.5, 0.6) is 6.01 Å². The number of nitrogens with zero attached hydrogens (tertiary/aromatic N) is 3. The highest BCUT2D eigenvalue weighted by molar-refractivity contribution is 6.33. The van der Waals surface area contributed by atoms with Gasteiger partial charge in [-0.25, -0.2) is 4.98 Å². The number of hydrogen-bond donors (Lipinski definition) is 3. The lowest BCUT2D eigenvalue weighted by atomic mass is 9.74. The number of halogens is 1. The second-order valence-electron chi connectivity index (χ2n) is 8.14. The van der Waals surface area contributed by atoms with E-state index in [1.807, 2.05) is 36.4 Å². The number of aromatic hydroxyl groups is 1. The number of aliphatic hydroxyl groups excluding tert-OH is 1. The summed E-state index contributed by atoms with van der Waals surface area (Å²) < 4.78 is 0. The quantitative estimate of drug-likeness (QED) is 0.519. The zero-order valence-corrected chi connectivity index (χ0v) is 18.3. The van der Waals surface area contributed by atoms with E-state index in [1.54, 1.807) is 12.1 Å². The number of hydrogen-bond acceptors (Lipinski definition) is 6. The summed E-state index contributed by atoms with van der Waals surface area (Å²) in [5, 5.41) is 23.3. The van der Waals surface area contributed by atoms with E-state index in [1.165, 1.54) is 0 Å². The lowest BCUT2D eigenvalue weighted by Crippen LogP contribution is -2.44. The van der Waals surface area contributed by atoms with Crippen LogP contribution in [0.1, 0.15) is 37.7 Å². The van der Waals surface area contributed by atoms with Gasteiger partial charge in [-0.15, -0.1) is 0 Å². The smallest absolute Gasteiger partial charge is 0.318 e. The van der Waals surface area contributed by atoms with Crippen LogP contribution in [0.4, 0.5) is 0 Å². The van der Waals surface area contributed by atoms with Gasteiger partial charge in [-0.3, -0.25) is 4.79 Å². The minimum atomic E-state index is -0.696. The molecule has 1 saturated carbocycles. The van der Waals surface area contributed by atoms with E-state index in [9.17, 15) is 15.0 Å². The summed E-state index contributed by atoms with van der Waals surface area (Å²) in [5.74, 6) is 0.457. The number of aliphatic hydroxyl groups is 1. The van der Waals surface area contributed by atoms with Crippen molar-refractivity contribution in [3.8, 4) is 28.8 Å². The van der Waals surface area contributed by atoms with Crippen molar-refractivity contribution in [3.05, 3.63) is 59.1 Å². The SMILES string of the molecule is O=C(NCc1ccc(Cl)c(-c2nc(O)nc(-c3ccccc3)n2)c1)C1(CO)CCCCC1. The molecule has 0 radical (unpaired) electrons. The Kier molecular flexibility index (Phi) is 6.67. The molecule has 3 aromatic rings. The molecule has 0 unspecified atom stereocenters. The van der Waals surface area contributed by atoms with Crippen LogP contribution in [-0.2, 0) is 11.3 Å². The Labute approximate surface area is 191 Å². The van der Waals surface area contributed by atoms with Crippen molar-refractivity contribution in [2.24, 2.45) is 5.41 Å². The van der Waals surface area contributed by atoms with Gasteiger partial charge in [0.15, 0.2) is 11.6 Å². The predicted octanol–water partition coefficient (Wildman–Crippen LogP) is 4.12. The largest absolute Gasteiger partial charge is 0.479 e. The Bertz CT molecular complexity index is 1100. The lowest BCUT2D eigenvalue weighted by molar-refractivity contribution is -0.135. The van der Waals surface area contributed by atoms with Gasteiger partial charge in [-0.2, -0.15) is 9.97 Å². The number of benzene rings is 2. The Morgan fingerprint density at radius 1 is 1.00 bits per heavy atom. The standard InChI is InChI=1S/C24H25ClN4O3/c25-19-10-9-16(14-26-22(31)24(15-30)11-5-2-6-12-24)13-18(19)21-27-20(28-23(32)29-21)17-7-3-1-4-8-17/h1,3-4,7-10,13,30H,2,5-6,11-12,14-15H2,(H,26,31)(H,27,28,29,32). The predicted molar refractivity (Wildman–Crippen MR) is 122 cm³/mol. The van der Waals surface area contributed by atoms with Crippen LogP contribution in [0.2, 0.25) is 5.02 Å². The molecule has 7 nitrogen and oxygen atoms in total. The van der Waals surface area contributed by atoms with Gasteiger partial charge >= 0.3 is 6.01 Å². The Hall–Kier alpha value is -3.03. The van der Waals surface area contributed by atoms with Crippen molar-refractivity contribution >= 4 is 17.5 Å². The van der Waals surface area contributed by atoms with Crippen LogP contribution in [0.15, 0.2) is 48.5 Å². The molecule has 4 rings (SSSR count). The molecule has 1 aliphatic rings. The third-order valence-corrected chi connectivity index (χ3v) is 6.30. The van der Waals surface area contributed by atoms with Crippen molar-refractivity contribution in [1.29, 1.82) is 0 Å². The summed E-state index contributed by atoms with van der Waals surface area (Å²) in [7, 11) is 0. The van der Waals surface area contributed by atoms with Crippen LogP contribution in [0.25, 0.3) is 22.8 Å². The van der Waals surface area contributed by atoms with Crippen molar-refractivity contribution < 1.29 is 15.0 Å². The van der Waals surface area contributed by atoms with Crippen LogP contribution >= 0.6 is 11.6 Å². The van der Waals surface area contributed by atoms with Crippen molar-refractivity contribution in [2.75, 3.05) is 6.61 Å². The van der Waals surface area contributed by atoms with Gasteiger partial charge in [-0.1, -0.05) is 67.3 Å². The molecule has 2 aromatic carbocycles. The minimum Gasteiger partial charge on any atom is -0.479 e. The van der Waals surface area contributed by atoms with Crippen molar-refractivity contribution in [2.45, 2.75) is 38.6 Å². The van der Waals surface area contributed by atoms with Gasteiger partial charge < -0.3 is 15.5 Å². The van der Waals surface area contributed by atoms with Gasteiger partial charge in [0.05, 0.1) is 17.0 Å². The second-order valence-corrected chi connectivity index (χ2v) is 8.55. The fraction of sp³-hybridized carbons (Fsp3) is 0.333. The van der Waals surface area contributed by atoms with Crippen LogP contribution in [-0.4, -0.2) is 37.7 Å². The molecule has 0 spiro atoms. The fourth-order valence-electron chi connectivity index (χ4n) is 4.11. The van der Waals surface area contributed by atoms with Gasteiger partial charge in [0.25, 0.3) is 0 Å². The molecule has 3 N–H and O–H groups in total. The first-order valence-corrected chi connectivity index (χ1v) is 11.1. The van der Waals surface area contributed by atoms with E-state index in [4.69, 9.17) is 11.6 Å². The number of carbonyl (C=O) groups is 1. The molecule has 32 heavy (non-hydrogen) atoms. The topological polar surface area (TPSA) is 108 Å². The maximum absolute atomic E-state index is 12.8. The van der Waals surface area contributed by atoms with Crippen molar-refractivity contribution in [1.82, 2.24) is 20.3 Å². The first-order chi connectivity index (χ1) is 15.5. The molecular formula is C24H25ClN4O3. The zero-order valence-electron chi connectivity index (χ0n) is 17.6. The Morgan fingerprint density at radius 2 is 1.72 bits per heavy atom. The molecule has 0 saturated heterocycles. The molecule has 0 aliphatic heterocycles. The maximum Gasteiger partial charge on any atom is 0.318 e. The van der Waals surface area contributed by atoms with Crippen LogP contribution in [0, 0.1) is 5.41 Å². The van der Waals surface area contributed by atoms with Crippen molar-refractivity contribution in [3.63, 3.8) is 0 Å². The number of amides is 1. The van der Waals surface area contributed by atoms with Gasteiger partial charge in [-0.05, 0) is 30.5 Å². The molecular weight excluding hydrogens is 428 g/mol. The molecule has 166 valence electrons. The summed E-state index contributed by atoms with van der Waals surface area (Å²) in [6.07, 6.45) is 4.40. The molecule has 1 amide bonds. The number of carbonyl (C=O) groups excluding carboxylic acids is 1. The van der Waals surface area contributed by atoms with Gasteiger partial charge in [0.2, 0.25) is 5.91 Å². The van der Waals surface area contributed by atoms with Gasteiger partial charge in [0, 0.05) is 17.7 Å². The third kappa shape index (κ3) is 4.74. The van der Waals surface area contributed by atoms with E-state index in [0.29, 0.717) is 29.3 Å². The molecule has 1 heterocycles. The highest BCUT2D eigenvalue weighted by Crippen LogP contribution is 2.36. The summed E-state index contributed by atoms with van der Waals surface area (Å²) in [4.78, 5) is 25.4.